The second-order valence-corrected chi connectivity index (χ2v) is 6.72. The van der Waals surface area contributed by atoms with Gasteiger partial charge < -0.3 is 15.7 Å². The van der Waals surface area contributed by atoms with E-state index >= 15 is 0 Å². The van der Waals surface area contributed by atoms with Crippen LogP contribution < -0.4 is 10.6 Å². The Morgan fingerprint density at radius 2 is 2.26 bits per heavy atom. The van der Waals surface area contributed by atoms with E-state index in [4.69, 9.17) is 5.73 Å². The Balaban J connectivity index is 2.30. The Hall–Kier alpha value is -0.710. The van der Waals surface area contributed by atoms with E-state index < -0.39 is 5.60 Å². The molecule has 0 saturated carbocycles. The second-order valence-electron chi connectivity index (χ2n) is 5.41. The molecule has 1 aromatic carbocycles. The number of hydrogen-bond acceptors (Lipinski definition) is 4. The number of aliphatic hydroxyl groups is 1. The number of thioether (sulfide) groups is 1. The Bertz CT molecular complexity index is 434. The largest absolute Gasteiger partial charge is 0.388 e. The van der Waals surface area contributed by atoms with Crippen LogP contribution in [0, 0.1) is 0 Å². The summed E-state index contributed by atoms with van der Waals surface area (Å²) < 4.78 is 0. The molecule has 0 aromatic heterocycles. The third kappa shape index (κ3) is 3.44. The number of rotatable bonds is 4. The average Bonchev–Trinajstić information content (AvgIpc) is 2.37. The van der Waals surface area contributed by atoms with Crippen molar-refractivity contribution in [3.63, 3.8) is 0 Å². The van der Waals surface area contributed by atoms with Gasteiger partial charge in [-0.2, -0.15) is 0 Å². The normalized spacial score (nSPS) is 23.7. The summed E-state index contributed by atoms with van der Waals surface area (Å²) in [7, 11) is 0. The number of hydrogen-bond donors (Lipinski definition) is 2. The van der Waals surface area contributed by atoms with Gasteiger partial charge in [0.2, 0.25) is 0 Å². The summed E-state index contributed by atoms with van der Waals surface area (Å²) in [6.07, 6.45) is 1.91. The average molecular weight is 280 g/mol. The maximum atomic E-state index is 10.3. The van der Waals surface area contributed by atoms with Gasteiger partial charge in [-0.25, -0.2) is 0 Å². The summed E-state index contributed by atoms with van der Waals surface area (Å²) >= 11 is 1.84. The molecule has 2 rings (SSSR count). The van der Waals surface area contributed by atoms with E-state index in [9.17, 15) is 5.11 Å². The number of nitrogens with two attached hydrogens (primary N) is 1. The summed E-state index contributed by atoms with van der Waals surface area (Å²) in [5.41, 5.74) is 7.78. The summed E-state index contributed by atoms with van der Waals surface area (Å²) in [4.78, 5) is 3.55. The monoisotopic (exact) mass is 280 g/mol. The van der Waals surface area contributed by atoms with Gasteiger partial charge in [-0.3, -0.25) is 0 Å². The lowest BCUT2D eigenvalue weighted by Gasteiger charge is -2.39. The summed E-state index contributed by atoms with van der Waals surface area (Å²) in [6, 6.07) is 6.36. The lowest BCUT2D eigenvalue weighted by molar-refractivity contribution is 0.0449. The molecule has 1 saturated heterocycles. The van der Waals surface area contributed by atoms with Crippen LogP contribution in [0.1, 0.15) is 32.3 Å². The zero-order valence-electron chi connectivity index (χ0n) is 11.9. The van der Waals surface area contributed by atoms with Gasteiger partial charge in [0.05, 0.1) is 5.60 Å². The minimum absolute atomic E-state index is 0.553. The van der Waals surface area contributed by atoms with E-state index in [-0.39, 0.29) is 0 Å². The minimum atomic E-state index is -0.585. The first-order valence-electron chi connectivity index (χ1n) is 6.99. The van der Waals surface area contributed by atoms with Crippen molar-refractivity contribution >= 4 is 17.4 Å². The Morgan fingerprint density at radius 1 is 1.47 bits per heavy atom. The molecule has 19 heavy (non-hydrogen) atoms. The van der Waals surface area contributed by atoms with Crippen LogP contribution in [0.25, 0.3) is 0 Å². The molecular formula is C15H24N2OS. The first-order chi connectivity index (χ1) is 9.07. The van der Waals surface area contributed by atoms with E-state index in [0.29, 0.717) is 13.1 Å². The fourth-order valence-corrected chi connectivity index (χ4v) is 3.62. The molecule has 0 spiro atoms. The van der Waals surface area contributed by atoms with Crippen LogP contribution in [0.3, 0.4) is 0 Å². The molecule has 0 bridgehead atoms. The van der Waals surface area contributed by atoms with Crippen LogP contribution in [0.4, 0.5) is 5.69 Å². The van der Waals surface area contributed by atoms with Crippen molar-refractivity contribution in [2.24, 2.45) is 5.73 Å². The highest BCUT2D eigenvalue weighted by atomic mass is 32.2. The lowest BCUT2D eigenvalue weighted by atomic mass is 9.94. The molecule has 1 aromatic rings. The lowest BCUT2D eigenvalue weighted by Crippen LogP contribution is -2.46. The molecule has 106 valence electrons. The molecule has 1 aliphatic heterocycles. The Kier molecular flexibility index (Phi) is 4.76. The molecular weight excluding hydrogens is 256 g/mol. The van der Waals surface area contributed by atoms with Crippen molar-refractivity contribution < 1.29 is 5.11 Å². The molecule has 0 aliphatic carbocycles. The molecule has 3 N–H and O–H groups in total. The third-order valence-electron chi connectivity index (χ3n) is 3.63. The van der Waals surface area contributed by atoms with E-state index in [2.05, 4.69) is 30.0 Å². The standard InChI is InChI=1S/C15H24N2OS/c1-3-19-14-7-4-6-13(12(14)10-16)17-9-5-8-15(2,18)11-17/h4,6-7,18H,3,5,8-11,16H2,1-2H3. The van der Waals surface area contributed by atoms with E-state index in [1.807, 2.05) is 18.7 Å². The topological polar surface area (TPSA) is 49.5 Å². The Morgan fingerprint density at radius 3 is 2.89 bits per heavy atom. The predicted octanol–water partition coefficient (Wildman–Crippen LogP) is 2.61. The van der Waals surface area contributed by atoms with E-state index in [1.165, 1.54) is 16.1 Å². The van der Waals surface area contributed by atoms with Crippen molar-refractivity contribution in [1.82, 2.24) is 0 Å². The predicted molar refractivity (Wildman–Crippen MR) is 82.8 cm³/mol. The third-order valence-corrected chi connectivity index (χ3v) is 4.61. The highest BCUT2D eigenvalue weighted by Gasteiger charge is 2.29. The van der Waals surface area contributed by atoms with Crippen molar-refractivity contribution in [2.75, 3.05) is 23.7 Å². The molecule has 3 nitrogen and oxygen atoms in total. The van der Waals surface area contributed by atoms with Crippen LogP contribution in [0.2, 0.25) is 0 Å². The van der Waals surface area contributed by atoms with Crippen molar-refractivity contribution in [2.45, 2.75) is 43.7 Å². The van der Waals surface area contributed by atoms with Crippen molar-refractivity contribution in [3.05, 3.63) is 23.8 Å². The highest BCUT2D eigenvalue weighted by molar-refractivity contribution is 7.99. The number of β-amino-alcohol motifs (C(OH)–C–C–N with tert-alkyl or cyclic N) is 1. The first-order valence-corrected chi connectivity index (χ1v) is 7.98. The van der Waals surface area contributed by atoms with Gasteiger partial charge in [0.25, 0.3) is 0 Å². The molecule has 1 heterocycles. The molecule has 4 heteroatoms. The van der Waals surface area contributed by atoms with Crippen LogP contribution >= 0.6 is 11.8 Å². The van der Waals surface area contributed by atoms with Gasteiger partial charge in [0.1, 0.15) is 0 Å². The molecule has 0 amide bonds. The van der Waals surface area contributed by atoms with Gasteiger partial charge in [-0.15, -0.1) is 11.8 Å². The molecule has 1 aliphatic rings. The molecule has 1 unspecified atom stereocenters. The smallest absolute Gasteiger partial charge is 0.0794 e. The highest BCUT2D eigenvalue weighted by Crippen LogP contribution is 2.33. The Labute approximate surface area is 120 Å². The van der Waals surface area contributed by atoms with Crippen LogP contribution in [0.15, 0.2) is 23.1 Å². The van der Waals surface area contributed by atoms with Gasteiger partial charge in [-0.1, -0.05) is 13.0 Å². The number of piperidine rings is 1. The fraction of sp³-hybridized carbons (Fsp3) is 0.600. The van der Waals surface area contributed by atoms with Crippen LogP contribution in [-0.4, -0.2) is 29.5 Å². The van der Waals surface area contributed by atoms with Crippen LogP contribution in [0.5, 0.6) is 0 Å². The fourth-order valence-electron chi connectivity index (χ4n) is 2.77. The van der Waals surface area contributed by atoms with Crippen molar-refractivity contribution in [3.8, 4) is 0 Å². The van der Waals surface area contributed by atoms with E-state index in [1.54, 1.807) is 0 Å². The minimum Gasteiger partial charge on any atom is -0.388 e. The zero-order valence-corrected chi connectivity index (χ0v) is 12.7. The van der Waals surface area contributed by atoms with Gasteiger partial charge in [-0.05, 0) is 37.7 Å². The molecule has 1 fully saturated rings. The summed E-state index contributed by atoms with van der Waals surface area (Å²) in [5.74, 6) is 1.05. The van der Waals surface area contributed by atoms with Gasteiger partial charge in [0, 0.05) is 35.8 Å². The SMILES string of the molecule is CCSc1cccc(N2CCCC(C)(O)C2)c1CN. The zero-order chi connectivity index (χ0) is 13.9. The maximum absolute atomic E-state index is 10.3. The number of nitrogens with zero attached hydrogens (tertiary/aromatic N) is 1. The van der Waals surface area contributed by atoms with Gasteiger partial charge >= 0.3 is 0 Å². The van der Waals surface area contributed by atoms with Crippen molar-refractivity contribution in [1.29, 1.82) is 0 Å². The summed E-state index contributed by atoms with van der Waals surface area (Å²) in [6.45, 7) is 6.33. The molecule has 1 atom stereocenters. The molecule has 0 radical (unpaired) electrons. The summed E-state index contributed by atoms with van der Waals surface area (Å²) in [5, 5.41) is 10.3. The van der Waals surface area contributed by atoms with Gasteiger partial charge in [0.15, 0.2) is 0 Å². The number of benzene rings is 1. The van der Waals surface area contributed by atoms with E-state index in [0.717, 1.165) is 25.1 Å². The first kappa shape index (κ1) is 14.7. The maximum Gasteiger partial charge on any atom is 0.0794 e. The number of anilines is 1. The quantitative estimate of drug-likeness (QED) is 0.832. The second kappa shape index (κ2) is 6.16. The van der Waals surface area contributed by atoms with Crippen LogP contribution in [-0.2, 0) is 6.54 Å².